The molecule has 3 heterocycles. The van der Waals surface area contributed by atoms with Crippen molar-refractivity contribution in [1.29, 1.82) is 0 Å². The highest BCUT2D eigenvalue weighted by molar-refractivity contribution is 9.10. The average Bonchev–Trinajstić information content (AvgIpc) is 3.32. The highest BCUT2D eigenvalue weighted by atomic mass is 79.9. The van der Waals surface area contributed by atoms with E-state index in [4.69, 9.17) is 0 Å². The number of halogens is 4. The number of fused-ring (bicyclic) bond motifs is 1. The minimum Gasteiger partial charge on any atom is -0.345 e. The Labute approximate surface area is 177 Å². The Kier molecular flexibility index (Phi) is 5.32. The van der Waals surface area contributed by atoms with Gasteiger partial charge in [0.05, 0.1) is 15.7 Å². The largest absolute Gasteiger partial charge is 0.345 e. The van der Waals surface area contributed by atoms with Crippen LogP contribution in [-0.4, -0.2) is 47.7 Å². The second-order valence-electron chi connectivity index (χ2n) is 6.69. The summed E-state index contributed by atoms with van der Waals surface area (Å²) in [6.07, 6.45) is 1.46. The highest BCUT2D eigenvalue weighted by Gasteiger charge is 2.33. The van der Waals surface area contributed by atoms with E-state index in [-0.39, 0.29) is 29.5 Å². The van der Waals surface area contributed by atoms with Crippen molar-refractivity contribution >= 4 is 48.6 Å². The van der Waals surface area contributed by atoms with Crippen molar-refractivity contribution in [2.24, 2.45) is 0 Å². The molecule has 12 heteroatoms. The number of H-pyrrole nitrogens is 1. The molecule has 7 nitrogen and oxygen atoms in total. The number of pyridine rings is 1. The van der Waals surface area contributed by atoms with E-state index in [1.165, 1.54) is 12.4 Å². The molecule has 0 bridgehead atoms. The third-order valence-electron chi connectivity index (χ3n) is 4.75. The summed E-state index contributed by atoms with van der Waals surface area (Å²) in [5.74, 6) is -3.54. The Bertz CT molecular complexity index is 1270. The molecular weight excluding hydrogens is 489 g/mol. The molecule has 0 spiro atoms. The van der Waals surface area contributed by atoms with Crippen molar-refractivity contribution < 1.29 is 26.4 Å². The van der Waals surface area contributed by atoms with Crippen LogP contribution in [0.2, 0.25) is 0 Å². The maximum Gasteiger partial charge on any atom is 0.301 e. The molecule has 1 aliphatic rings. The number of hydrogen-bond donors (Lipinski definition) is 2. The Balaban J connectivity index is 1.76. The Morgan fingerprint density at radius 3 is 2.80 bits per heavy atom. The Morgan fingerprint density at radius 2 is 2.10 bits per heavy atom. The Hall–Kier alpha value is -2.44. The zero-order chi connectivity index (χ0) is 21.6. The van der Waals surface area contributed by atoms with Crippen molar-refractivity contribution in [3.63, 3.8) is 0 Å². The topological polar surface area (TPSA) is 95.2 Å². The molecule has 0 unspecified atom stereocenters. The van der Waals surface area contributed by atoms with Gasteiger partial charge in [-0.1, -0.05) is 0 Å². The summed E-state index contributed by atoms with van der Waals surface area (Å²) in [6.45, 7) is -0.442. The smallest absolute Gasteiger partial charge is 0.301 e. The quantitative estimate of drug-likeness (QED) is 0.412. The van der Waals surface area contributed by atoms with Gasteiger partial charge in [0.15, 0.2) is 11.6 Å². The number of nitrogens with zero attached hydrogens (tertiary/aromatic N) is 2. The van der Waals surface area contributed by atoms with Gasteiger partial charge in [0, 0.05) is 36.4 Å². The molecule has 0 saturated carbocycles. The standard InChI is InChI=1S/C18H14BrF3N4O3S/c19-12-6-13(25-30(28,29)26-5-3-9(20)8-26)16(22)14(15(12)21)17(27)11-7-24-18-10(11)2-1-4-23-18/h1-2,4,6-7,9,25H,3,5,8H2,(H,23,24)/t9-/m1/s1. The minimum atomic E-state index is -4.30. The number of ketones is 1. The van der Waals surface area contributed by atoms with Crippen molar-refractivity contribution in [3.8, 4) is 0 Å². The second kappa shape index (κ2) is 7.67. The van der Waals surface area contributed by atoms with E-state index in [2.05, 4.69) is 25.9 Å². The fourth-order valence-corrected chi connectivity index (χ4v) is 4.95. The predicted octanol–water partition coefficient (Wildman–Crippen LogP) is 3.54. The summed E-state index contributed by atoms with van der Waals surface area (Å²) in [5.41, 5.74) is -1.24. The maximum absolute atomic E-state index is 15.1. The van der Waals surface area contributed by atoms with Crippen LogP contribution < -0.4 is 4.72 Å². The number of anilines is 1. The molecule has 1 fully saturated rings. The summed E-state index contributed by atoms with van der Waals surface area (Å²) in [5, 5.41) is 0.356. The van der Waals surface area contributed by atoms with Crippen LogP contribution in [0.3, 0.4) is 0 Å². The number of aromatic nitrogens is 2. The zero-order valence-corrected chi connectivity index (χ0v) is 17.5. The number of hydrogen-bond acceptors (Lipinski definition) is 4. The molecule has 1 aliphatic heterocycles. The normalized spacial score (nSPS) is 17.5. The van der Waals surface area contributed by atoms with Gasteiger partial charge in [-0.25, -0.2) is 18.2 Å². The first-order valence-electron chi connectivity index (χ1n) is 8.75. The van der Waals surface area contributed by atoms with Gasteiger partial charge in [0.1, 0.15) is 11.8 Å². The molecule has 0 amide bonds. The molecule has 0 aliphatic carbocycles. The number of rotatable bonds is 5. The summed E-state index contributed by atoms with van der Waals surface area (Å²) in [4.78, 5) is 19.7. The molecule has 2 aromatic heterocycles. The van der Waals surface area contributed by atoms with Crippen molar-refractivity contribution in [1.82, 2.24) is 14.3 Å². The zero-order valence-electron chi connectivity index (χ0n) is 15.1. The predicted molar refractivity (Wildman–Crippen MR) is 107 cm³/mol. The fourth-order valence-electron chi connectivity index (χ4n) is 3.27. The molecule has 1 aromatic carbocycles. The van der Waals surface area contributed by atoms with Crippen LogP contribution in [0.1, 0.15) is 22.3 Å². The van der Waals surface area contributed by atoms with Gasteiger partial charge in [-0.05, 0) is 40.5 Å². The lowest BCUT2D eigenvalue weighted by Crippen LogP contribution is -2.34. The number of aromatic amines is 1. The lowest BCUT2D eigenvalue weighted by atomic mass is 10.0. The monoisotopic (exact) mass is 502 g/mol. The lowest BCUT2D eigenvalue weighted by Gasteiger charge is -2.18. The molecule has 0 radical (unpaired) electrons. The first-order valence-corrected chi connectivity index (χ1v) is 11.0. The summed E-state index contributed by atoms with van der Waals surface area (Å²) in [6, 6.07) is 4.00. The Morgan fingerprint density at radius 1 is 1.33 bits per heavy atom. The van der Waals surface area contributed by atoms with Crippen LogP contribution in [-0.2, 0) is 10.2 Å². The highest BCUT2D eigenvalue weighted by Crippen LogP contribution is 2.32. The number of alkyl halides is 1. The summed E-state index contributed by atoms with van der Waals surface area (Å²) < 4.78 is 70.6. The van der Waals surface area contributed by atoms with Gasteiger partial charge >= 0.3 is 10.2 Å². The fraction of sp³-hybridized carbons (Fsp3) is 0.222. The third kappa shape index (κ3) is 3.59. The third-order valence-corrected chi connectivity index (χ3v) is 6.82. The van der Waals surface area contributed by atoms with Crippen molar-refractivity contribution in [3.05, 3.63) is 57.8 Å². The van der Waals surface area contributed by atoms with Crippen LogP contribution in [0.15, 0.2) is 35.1 Å². The number of carbonyl (C=O) groups is 1. The van der Waals surface area contributed by atoms with Crippen molar-refractivity contribution in [2.45, 2.75) is 12.6 Å². The van der Waals surface area contributed by atoms with Crippen molar-refractivity contribution in [2.75, 3.05) is 17.8 Å². The van der Waals surface area contributed by atoms with Crippen LogP contribution in [0.25, 0.3) is 11.0 Å². The molecule has 2 N–H and O–H groups in total. The first kappa shape index (κ1) is 20.8. The van der Waals surface area contributed by atoms with Gasteiger partial charge in [-0.2, -0.15) is 12.7 Å². The van der Waals surface area contributed by atoms with E-state index in [1.807, 2.05) is 4.72 Å². The molecule has 158 valence electrons. The SMILES string of the molecule is O=C(c1c(F)c(Br)cc(NS(=O)(=O)N2CC[C@@H](F)C2)c1F)c1c[nH]c2ncccc12. The van der Waals surface area contributed by atoms with Gasteiger partial charge in [0.25, 0.3) is 0 Å². The van der Waals surface area contributed by atoms with Crippen LogP contribution >= 0.6 is 15.9 Å². The van der Waals surface area contributed by atoms with E-state index < -0.39 is 45.0 Å². The van der Waals surface area contributed by atoms with Crippen LogP contribution in [0.4, 0.5) is 18.9 Å². The van der Waals surface area contributed by atoms with E-state index in [9.17, 15) is 22.0 Å². The van der Waals surface area contributed by atoms with E-state index >= 15 is 4.39 Å². The molecule has 30 heavy (non-hydrogen) atoms. The molecule has 1 atom stereocenters. The van der Waals surface area contributed by atoms with E-state index in [0.29, 0.717) is 11.0 Å². The van der Waals surface area contributed by atoms with Crippen LogP contribution in [0.5, 0.6) is 0 Å². The molecule has 3 aromatic rings. The molecule has 4 rings (SSSR count). The number of carbonyl (C=O) groups excluding carboxylic acids is 1. The average molecular weight is 503 g/mol. The lowest BCUT2D eigenvalue weighted by molar-refractivity contribution is 0.103. The number of benzene rings is 1. The van der Waals surface area contributed by atoms with Gasteiger partial charge in [-0.3, -0.25) is 9.52 Å². The summed E-state index contributed by atoms with van der Waals surface area (Å²) >= 11 is 2.89. The minimum absolute atomic E-state index is 0.0227. The number of nitrogens with one attached hydrogen (secondary N) is 2. The van der Waals surface area contributed by atoms with Gasteiger partial charge in [0.2, 0.25) is 5.78 Å². The first-order chi connectivity index (χ1) is 14.2. The van der Waals surface area contributed by atoms with Gasteiger partial charge in [-0.15, -0.1) is 0 Å². The van der Waals surface area contributed by atoms with E-state index in [1.54, 1.807) is 12.1 Å². The van der Waals surface area contributed by atoms with E-state index in [0.717, 1.165) is 10.4 Å². The molecule has 1 saturated heterocycles. The second-order valence-corrected chi connectivity index (χ2v) is 9.22. The van der Waals surface area contributed by atoms with Crippen LogP contribution in [0, 0.1) is 11.6 Å². The molecular formula is C18H14BrF3N4O3S. The maximum atomic E-state index is 15.1. The summed E-state index contributed by atoms with van der Waals surface area (Å²) in [7, 11) is -4.30. The van der Waals surface area contributed by atoms with Gasteiger partial charge < -0.3 is 4.98 Å².